The Hall–Kier alpha value is -2.98. The summed E-state index contributed by atoms with van der Waals surface area (Å²) in [5, 5.41) is 5.09. The number of aryl methyl sites for hydroxylation is 1. The SMILES string of the molecule is CCOC(=O)Cc1csc(NC(=O)CN2CCC3(CCCCc4ccccc4OCCN(CC)C3=O)CC2)n1. The molecular formula is C29H40N4O5S. The summed E-state index contributed by atoms with van der Waals surface area (Å²) in [5.74, 6) is 0.682. The summed E-state index contributed by atoms with van der Waals surface area (Å²) < 4.78 is 11.0. The second-order valence-electron chi connectivity index (χ2n) is 10.3. The van der Waals surface area contributed by atoms with E-state index in [4.69, 9.17) is 9.47 Å². The van der Waals surface area contributed by atoms with Gasteiger partial charge in [0, 0.05) is 11.9 Å². The molecule has 0 aliphatic carbocycles. The number of nitrogens with one attached hydrogen (secondary N) is 1. The maximum Gasteiger partial charge on any atom is 0.311 e. The van der Waals surface area contributed by atoms with E-state index < -0.39 is 0 Å². The minimum atomic E-state index is -0.390. The lowest BCUT2D eigenvalue weighted by atomic mass is 9.73. The summed E-state index contributed by atoms with van der Waals surface area (Å²) >= 11 is 1.30. The first-order valence-electron chi connectivity index (χ1n) is 14.0. The highest BCUT2D eigenvalue weighted by Crippen LogP contribution is 2.39. The number of fused-ring (bicyclic) bond motifs is 1. The van der Waals surface area contributed by atoms with Gasteiger partial charge in [0.05, 0.1) is 37.2 Å². The molecule has 0 saturated carbocycles. The average molecular weight is 557 g/mol. The Balaban J connectivity index is 1.33. The first kappa shape index (κ1) is 29.0. The van der Waals surface area contributed by atoms with Gasteiger partial charge in [0.25, 0.3) is 0 Å². The van der Waals surface area contributed by atoms with Crippen LogP contribution < -0.4 is 10.1 Å². The maximum atomic E-state index is 13.8. The summed E-state index contributed by atoms with van der Waals surface area (Å²) in [4.78, 5) is 46.6. The fourth-order valence-electron chi connectivity index (χ4n) is 5.51. The second-order valence-corrected chi connectivity index (χ2v) is 11.1. The van der Waals surface area contributed by atoms with E-state index in [1.54, 1.807) is 12.3 Å². The smallest absolute Gasteiger partial charge is 0.311 e. The predicted octanol–water partition coefficient (Wildman–Crippen LogP) is 3.92. The third-order valence-electron chi connectivity index (χ3n) is 7.67. The fourth-order valence-corrected chi connectivity index (χ4v) is 6.24. The number of carbonyl (C=O) groups is 3. The van der Waals surface area contributed by atoms with E-state index in [1.165, 1.54) is 16.9 Å². The molecule has 0 unspecified atom stereocenters. The first-order chi connectivity index (χ1) is 18.9. The number of hydrogen-bond acceptors (Lipinski definition) is 8. The number of aromatic nitrogens is 1. The van der Waals surface area contributed by atoms with Crippen LogP contribution in [0, 0.1) is 5.41 Å². The zero-order valence-electron chi connectivity index (χ0n) is 23.1. The number of amides is 2. The Morgan fingerprint density at radius 2 is 1.92 bits per heavy atom. The van der Waals surface area contributed by atoms with Crippen molar-refractivity contribution in [2.75, 3.05) is 51.3 Å². The lowest BCUT2D eigenvalue weighted by Gasteiger charge is -2.43. The molecule has 1 N–H and O–H groups in total. The fraction of sp³-hybridized carbons (Fsp3) is 0.586. The molecule has 2 aliphatic rings. The van der Waals surface area contributed by atoms with E-state index in [1.807, 2.05) is 24.0 Å². The van der Waals surface area contributed by atoms with Crippen molar-refractivity contribution >= 4 is 34.3 Å². The zero-order valence-corrected chi connectivity index (χ0v) is 23.9. The zero-order chi connectivity index (χ0) is 27.7. The van der Waals surface area contributed by atoms with Gasteiger partial charge < -0.3 is 19.7 Å². The van der Waals surface area contributed by atoms with E-state index in [0.29, 0.717) is 50.2 Å². The number of nitrogens with zero attached hydrogens (tertiary/aromatic N) is 3. The van der Waals surface area contributed by atoms with Crippen molar-refractivity contribution in [1.82, 2.24) is 14.8 Å². The minimum Gasteiger partial charge on any atom is -0.491 e. The highest BCUT2D eigenvalue weighted by molar-refractivity contribution is 7.13. The monoisotopic (exact) mass is 556 g/mol. The van der Waals surface area contributed by atoms with Gasteiger partial charge in [0.2, 0.25) is 11.8 Å². The molecule has 0 radical (unpaired) electrons. The predicted molar refractivity (Wildman–Crippen MR) is 151 cm³/mol. The van der Waals surface area contributed by atoms with Crippen LogP contribution in [0.3, 0.4) is 0 Å². The number of rotatable bonds is 7. The van der Waals surface area contributed by atoms with Crippen LogP contribution in [0.4, 0.5) is 5.13 Å². The van der Waals surface area contributed by atoms with Crippen LogP contribution in [-0.4, -0.2) is 78.5 Å². The summed E-state index contributed by atoms with van der Waals surface area (Å²) in [6, 6.07) is 8.21. The minimum absolute atomic E-state index is 0.0931. The van der Waals surface area contributed by atoms with E-state index in [0.717, 1.165) is 44.3 Å². The topological polar surface area (TPSA) is 101 Å². The van der Waals surface area contributed by atoms with Gasteiger partial charge in [0.15, 0.2) is 5.13 Å². The van der Waals surface area contributed by atoms with Gasteiger partial charge in [-0.2, -0.15) is 0 Å². The van der Waals surface area contributed by atoms with E-state index in [9.17, 15) is 14.4 Å². The van der Waals surface area contributed by atoms with Crippen LogP contribution in [0.5, 0.6) is 5.75 Å². The molecule has 4 rings (SSSR count). The number of thiazole rings is 1. The standard InChI is InChI=1S/C29H40N4O5S/c1-3-33-17-18-38-24-11-6-5-9-22(24)10-7-8-12-29(27(33)36)13-15-32(16-14-29)20-25(34)31-28-30-23(21-39-28)19-26(35)37-4-2/h5-6,9,11,21H,3-4,7-8,10,12-20H2,1-2H3,(H,30,31,34). The molecular weight excluding hydrogens is 516 g/mol. The molecule has 2 amide bonds. The number of esters is 1. The molecule has 39 heavy (non-hydrogen) atoms. The molecule has 2 aromatic rings. The number of carbonyl (C=O) groups excluding carboxylic acids is 3. The number of ether oxygens (including phenoxy) is 2. The summed E-state index contributed by atoms with van der Waals surface area (Å²) in [7, 11) is 0. The Labute approximate surface area is 234 Å². The van der Waals surface area contributed by atoms with Crippen molar-refractivity contribution < 1.29 is 23.9 Å². The van der Waals surface area contributed by atoms with E-state index in [-0.39, 0.29) is 36.2 Å². The molecule has 2 aliphatic heterocycles. The van der Waals surface area contributed by atoms with Crippen molar-refractivity contribution in [1.29, 1.82) is 0 Å². The molecule has 0 atom stereocenters. The van der Waals surface area contributed by atoms with Gasteiger partial charge >= 0.3 is 5.97 Å². The molecule has 0 bridgehead atoms. The van der Waals surface area contributed by atoms with Crippen LogP contribution >= 0.6 is 11.3 Å². The number of likely N-dealkylation sites (N-methyl/N-ethyl adjacent to an activating group) is 1. The first-order valence-corrected chi connectivity index (χ1v) is 14.9. The highest BCUT2D eigenvalue weighted by Gasteiger charge is 2.43. The summed E-state index contributed by atoms with van der Waals surface area (Å²) in [6.45, 7) is 7.48. The second kappa shape index (κ2) is 13.9. The highest BCUT2D eigenvalue weighted by atomic mass is 32.1. The van der Waals surface area contributed by atoms with Gasteiger partial charge in [0.1, 0.15) is 12.4 Å². The Bertz CT molecular complexity index is 1130. The van der Waals surface area contributed by atoms with Crippen molar-refractivity contribution in [2.45, 2.75) is 58.8 Å². The van der Waals surface area contributed by atoms with Crippen molar-refractivity contribution in [3.8, 4) is 5.75 Å². The molecule has 1 spiro atoms. The summed E-state index contributed by atoms with van der Waals surface area (Å²) in [6.07, 6.45) is 5.39. The largest absolute Gasteiger partial charge is 0.491 e. The number of piperidine rings is 1. The van der Waals surface area contributed by atoms with Crippen molar-refractivity contribution in [3.63, 3.8) is 0 Å². The molecule has 3 heterocycles. The van der Waals surface area contributed by atoms with Crippen molar-refractivity contribution in [2.24, 2.45) is 5.41 Å². The molecule has 1 aromatic carbocycles. The number of benzene rings is 1. The number of anilines is 1. The van der Waals surface area contributed by atoms with E-state index in [2.05, 4.69) is 27.3 Å². The van der Waals surface area contributed by atoms with E-state index >= 15 is 0 Å². The Kier molecular flexibility index (Phi) is 10.3. The Morgan fingerprint density at radius 3 is 2.69 bits per heavy atom. The van der Waals surface area contributed by atoms with Crippen LogP contribution in [0.15, 0.2) is 29.6 Å². The molecule has 1 aromatic heterocycles. The lowest BCUT2D eigenvalue weighted by Crippen LogP contribution is -2.52. The normalized spacial score (nSPS) is 18.4. The van der Waals surface area contributed by atoms with Gasteiger partial charge in [-0.3, -0.25) is 19.3 Å². The molecule has 9 nitrogen and oxygen atoms in total. The Morgan fingerprint density at radius 1 is 1.13 bits per heavy atom. The van der Waals surface area contributed by atoms with Crippen LogP contribution in [-0.2, 0) is 32.0 Å². The van der Waals surface area contributed by atoms with Gasteiger partial charge in [-0.15, -0.1) is 11.3 Å². The van der Waals surface area contributed by atoms with Gasteiger partial charge in [-0.25, -0.2) is 4.98 Å². The third kappa shape index (κ3) is 7.79. The number of likely N-dealkylation sites (tertiary alicyclic amines) is 1. The molecule has 10 heteroatoms. The maximum absolute atomic E-state index is 13.8. The third-order valence-corrected chi connectivity index (χ3v) is 8.48. The number of hydrogen-bond donors (Lipinski definition) is 1. The van der Waals surface area contributed by atoms with Gasteiger partial charge in [-0.1, -0.05) is 24.6 Å². The molecule has 212 valence electrons. The molecule has 1 fully saturated rings. The van der Waals surface area contributed by atoms with Crippen LogP contribution in [0.25, 0.3) is 0 Å². The quantitative estimate of drug-likeness (QED) is 0.516. The van der Waals surface area contributed by atoms with Crippen molar-refractivity contribution in [3.05, 3.63) is 40.9 Å². The lowest BCUT2D eigenvalue weighted by molar-refractivity contribution is -0.146. The average Bonchev–Trinajstić information content (AvgIpc) is 3.36. The van der Waals surface area contributed by atoms with Gasteiger partial charge in [-0.05, 0) is 70.7 Å². The van der Waals surface area contributed by atoms with Crippen LogP contribution in [0.1, 0.15) is 57.2 Å². The van der Waals surface area contributed by atoms with Crippen LogP contribution in [0.2, 0.25) is 0 Å². The number of para-hydroxylation sites is 1. The molecule has 1 saturated heterocycles. The summed E-state index contributed by atoms with van der Waals surface area (Å²) in [5.41, 5.74) is 1.43.